The molecule has 0 atom stereocenters. The molecule has 0 saturated heterocycles. The first-order chi connectivity index (χ1) is 4.94. The SMILES string of the molecule is CC(C)(C)C(=O)O.CS(=O)(=O)O. The molecule has 0 spiro atoms. The van der Waals surface area contributed by atoms with Crippen LogP contribution in [0.1, 0.15) is 20.8 Å². The molecule has 74 valence electrons. The monoisotopic (exact) mass is 198 g/mol. The maximum Gasteiger partial charge on any atom is 0.308 e. The highest BCUT2D eigenvalue weighted by atomic mass is 32.2. The van der Waals surface area contributed by atoms with E-state index < -0.39 is 21.5 Å². The van der Waals surface area contributed by atoms with Crippen molar-refractivity contribution in [1.29, 1.82) is 0 Å². The van der Waals surface area contributed by atoms with Gasteiger partial charge in [0.2, 0.25) is 0 Å². The number of carbonyl (C=O) groups is 1. The minimum Gasteiger partial charge on any atom is -0.481 e. The highest BCUT2D eigenvalue weighted by Crippen LogP contribution is 2.11. The lowest BCUT2D eigenvalue weighted by atomic mass is 9.98. The summed E-state index contributed by atoms with van der Waals surface area (Å²) in [6, 6.07) is 0. The lowest BCUT2D eigenvalue weighted by molar-refractivity contribution is -0.145. The average Bonchev–Trinajstić information content (AvgIpc) is 1.55. The lowest BCUT2D eigenvalue weighted by Crippen LogP contribution is -2.18. The molecule has 0 aromatic carbocycles. The number of carboxylic acid groups (broad SMARTS) is 1. The quantitative estimate of drug-likeness (QED) is 0.557. The second-order valence-electron chi connectivity index (χ2n) is 3.29. The average molecular weight is 198 g/mol. The fourth-order valence-electron chi connectivity index (χ4n) is 0. The van der Waals surface area contributed by atoms with Crippen LogP contribution in [-0.2, 0) is 14.9 Å². The van der Waals surface area contributed by atoms with E-state index in [1.165, 1.54) is 0 Å². The third kappa shape index (κ3) is 22.8. The first-order valence-corrected chi connectivity index (χ1v) is 4.95. The van der Waals surface area contributed by atoms with E-state index in [1.807, 2.05) is 0 Å². The van der Waals surface area contributed by atoms with Crippen molar-refractivity contribution in [3.63, 3.8) is 0 Å². The maximum atomic E-state index is 10.0. The molecule has 0 bridgehead atoms. The zero-order chi connectivity index (χ0) is 10.6. The van der Waals surface area contributed by atoms with Gasteiger partial charge in [0.1, 0.15) is 0 Å². The van der Waals surface area contributed by atoms with E-state index >= 15 is 0 Å². The van der Waals surface area contributed by atoms with Crippen molar-refractivity contribution in [2.75, 3.05) is 6.26 Å². The van der Waals surface area contributed by atoms with E-state index in [-0.39, 0.29) is 0 Å². The minimum absolute atomic E-state index is 0.583. The van der Waals surface area contributed by atoms with E-state index in [0.29, 0.717) is 6.26 Å². The fourth-order valence-corrected chi connectivity index (χ4v) is 0. The summed E-state index contributed by atoms with van der Waals surface area (Å²) in [5.41, 5.74) is -0.583. The Morgan fingerprint density at radius 3 is 1.33 bits per heavy atom. The van der Waals surface area contributed by atoms with E-state index in [4.69, 9.17) is 9.66 Å². The number of hydrogen-bond acceptors (Lipinski definition) is 3. The Hall–Kier alpha value is -0.620. The van der Waals surface area contributed by atoms with E-state index in [1.54, 1.807) is 20.8 Å². The van der Waals surface area contributed by atoms with Crippen molar-refractivity contribution in [1.82, 2.24) is 0 Å². The molecule has 0 fully saturated rings. The molecule has 12 heavy (non-hydrogen) atoms. The largest absolute Gasteiger partial charge is 0.481 e. The molecule has 0 aliphatic carbocycles. The fraction of sp³-hybridized carbons (Fsp3) is 0.833. The van der Waals surface area contributed by atoms with Crippen molar-refractivity contribution >= 4 is 16.1 Å². The van der Waals surface area contributed by atoms with Crippen LogP contribution < -0.4 is 0 Å². The van der Waals surface area contributed by atoms with Gasteiger partial charge in [-0.05, 0) is 20.8 Å². The molecule has 0 aromatic rings. The van der Waals surface area contributed by atoms with Gasteiger partial charge in [-0.15, -0.1) is 0 Å². The number of rotatable bonds is 0. The van der Waals surface area contributed by atoms with E-state index in [0.717, 1.165) is 0 Å². The van der Waals surface area contributed by atoms with Gasteiger partial charge in [-0.3, -0.25) is 9.35 Å². The first kappa shape index (κ1) is 13.9. The Bertz CT molecular complexity index is 225. The molecule has 0 aromatic heterocycles. The van der Waals surface area contributed by atoms with Gasteiger partial charge in [0.05, 0.1) is 11.7 Å². The smallest absolute Gasteiger partial charge is 0.308 e. The van der Waals surface area contributed by atoms with Gasteiger partial charge in [-0.2, -0.15) is 8.42 Å². The molecule has 5 nitrogen and oxygen atoms in total. The molecule has 2 N–H and O–H groups in total. The van der Waals surface area contributed by atoms with Gasteiger partial charge in [0, 0.05) is 0 Å². The van der Waals surface area contributed by atoms with Gasteiger partial charge in [0.25, 0.3) is 10.1 Å². The first-order valence-electron chi connectivity index (χ1n) is 3.10. The summed E-state index contributed by atoms with van der Waals surface area (Å²) in [5.74, 6) is -0.757. The van der Waals surface area contributed by atoms with Crippen LogP contribution in [0.15, 0.2) is 0 Å². The number of carboxylic acids is 1. The Labute approximate surface area is 72.2 Å². The highest BCUT2D eigenvalue weighted by Gasteiger charge is 2.18. The maximum absolute atomic E-state index is 10.0. The second-order valence-corrected chi connectivity index (χ2v) is 4.75. The van der Waals surface area contributed by atoms with Gasteiger partial charge >= 0.3 is 5.97 Å². The Kier molecular flexibility index (Phi) is 5.13. The molecule has 0 radical (unpaired) electrons. The molecule has 0 aliphatic heterocycles. The molecule has 6 heteroatoms. The van der Waals surface area contributed by atoms with Crippen LogP contribution in [0, 0.1) is 5.41 Å². The second kappa shape index (κ2) is 4.42. The third-order valence-corrected chi connectivity index (χ3v) is 0.642. The van der Waals surface area contributed by atoms with Gasteiger partial charge in [-0.1, -0.05) is 0 Å². The minimum atomic E-state index is -3.67. The van der Waals surface area contributed by atoms with Crippen LogP contribution in [0.2, 0.25) is 0 Å². The molecular weight excluding hydrogens is 184 g/mol. The van der Waals surface area contributed by atoms with Gasteiger partial charge < -0.3 is 5.11 Å². The zero-order valence-electron chi connectivity index (χ0n) is 7.53. The number of aliphatic carboxylic acids is 1. The van der Waals surface area contributed by atoms with Crippen LogP contribution in [0.25, 0.3) is 0 Å². The molecule has 0 aliphatic rings. The van der Waals surface area contributed by atoms with Gasteiger partial charge in [0.15, 0.2) is 0 Å². The highest BCUT2D eigenvalue weighted by molar-refractivity contribution is 7.85. The molecule has 0 heterocycles. The normalized spacial score (nSPS) is 11.4. The molecular formula is C6H14O5S. The van der Waals surface area contributed by atoms with Crippen molar-refractivity contribution in [3.05, 3.63) is 0 Å². The lowest BCUT2D eigenvalue weighted by Gasteiger charge is -2.08. The molecule has 0 rings (SSSR count). The summed E-state index contributed by atoms with van der Waals surface area (Å²) in [6.45, 7) is 4.99. The van der Waals surface area contributed by atoms with Crippen molar-refractivity contribution in [2.24, 2.45) is 5.41 Å². The summed E-state index contributed by atoms with van der Waals surface area (Å²) >= 11 is 0. The molecule has 0 saturated carbocycles. The summed E-state index contributed by atoms with van der Waals surface area (Å²) in [6.07, 6.45) is 0.715. The van der Waals surface area contributed by atoms with Crippen molar-refractivity contribution in [2.45, 2.75) is 20.8 Å². The van der Waals surface area contributed by atoms with Crippen LogP contribution >= 0.6 is 0 Å². The Morgan fingerprint density at radius 2 is 1.33 bits per heavy atom. The summed E-state index contributed by atoms with van der Waals surface area (Å²) < 4.78 is 25.9. The van der Waals surface area contributed by atoms with Crippen molar-refractivity contribution in [3.8, 4) is 0 Å². The molecule has 0 unspecified atom stereocenters. The summed E-state index contributed by atoms with van der Waals surface area (Å²) in [4.78, 5) is 10.0. The van der Waals surface area contributed by atoms with Crippen LogP contribution in [0.4, 0.5) is 0 Å². The zero-order valence-corrected chi connectivity index (χ0v) is 8.34. The van der Waals surface area contributed by atoms with E-state index in [2.05, 4.69) is 0 Å². The topological polar surface area (TPSA) is 91.7 Å². The summed E-state index contributed by atoms with van der Waals surface area (Å²) in [5, 5.41) is 8.25. The van der Waals surface area contributed by atoms with Crippen LogP contribution in [0.3, 0.4) is 0 Å². The number of hydrogen-bond donors (Lipinski definition) is 2. The summed E-state index contributed by atoms with van der Waals surface area (Å²) in [7, 11) is -3.67. The molecule has 0 amide bonds. The standard InChI is InChI=1S/C5H10O2.CH4O3S/c1-5(2,3)4(6)7;1-5(2,3)4/h1-3H3,(H,6,7);1H3,(H,2,3,4). The predicted octanol–water partition coefficient (Wildman–Crippen LogP) is 0.621. The third-order valence-electron chi connectivity index (χ3n) is 0.642. The van der Waals surface area contributed by atoms with E-state index in [9.17, 15) is 13.2 Å². The Balaban J connectivity index is 0. The van der Waals surface area contributed by atoms with Crippen LogP contribution in [-0.4, -0.2) is 30.3 Å². The van der Waals surface area contributed by atoms with Crippen LogP contribution in [0.5, 0.6) is 0 Å². The Morgan fingerprint density at radius 1 is 1.25 bits per heavy atom. The van der Waals surface area contributed by atoms with Crippen molar-refractivity contribution < 1.29 is 22.9 Å². The predicted molar refractivity (Wildman–Crippen MR) is 44.6 cm³/mol. The van der Waals surface area contributed by atoms with Gasteiger partial charge in [-0.25, -0.2) is 0 Å².